The van der Waals surface area contributed by atoms with Gasteiger partial charge in [-0.25, -0.2) is 8.78 Å². The standard InChI is InChI=1S/C18H15ClF2N2O/c1-10-16(18(24)12-8-7-11(20)9-14(12)19)17(23(2)22-10)13-5-3-4-6-15(13)21/h3-9,18,24H,1-2H3/t18-/m0/s1. The highest BCUT2D eigenvalue weighted by atomic mass is 35.5. The van der Waals surface area contributed by atoms with Gasteiger partial charge in [0, 0.05) is 28.8 Å². The van der Waals surface area contributed by atoms with E-state index < -0.39 is 17.7 Å². The molecule has 0 bridgehead atoms. The molecule has 0 saturated heterocycles. The fourth-order valence-electron chi connectivity index (χ4n) is 2.85. The summed E-state index contributed by atoms with van der Waals surface area (Å²) < 4.78 is 29.0. The number of nitrogens with zero attached hydrogens (tertiary/aromatic N) is 2. The monoisotopic (exact) mass is 348 g/mol. The third kappa shape index (κ3) is 2.81. The van der Waals surface area contributed by atoms with Crippen molar-refractivity contribution in [3.05, 3.63) is 75.9 Å². The van der Waals surface area contributed by atoms with Crippen molar-refractivity contribution in [1.29, 1.82) is 0 Å². The molecule has 0 amide bonds. The molecule has 0 fully saturated rings. The zero-order chi connectivity index (χ0) is 17.4. The molecular weight excluding hydrogens is 334 g/mol. The maximum atomic E-state index is 14.2. The van der Waals surface area contributed by atoms with Crippen molar-refractivity contribution in [2.45, 2.75) is 13.0 Å². The largest absolute Gasteiger partial charge is 0.383 e. The summed E-state index contributed by atoms with van der Waals surface area (Å²) in [6, 6.07) is 10.0. The summed E-state index contributed by atoms with van der Waals surface area (Å²) in [5.41, 5.74) is 2.11. The number of hydrogen-bond acceptors (Lipinski definition) is 2. The second-order valence-electron chi connectivity index (χ2n) is 5.52. The summed E-state index contributed by atoms with van der Waals surface area (Å²) in [5, 5.41) is 15.2. The number of aryl methyl sites for hydroxylation is 2. The third-order valence-corrected chi connectivity index (χ3v) is 4.26. The van der Waals surface area contributed by atoms with Crippen molar-refractivity contribution in [1.82, 2.24) is 9.78 Å². The van der Waals surface area contributed by atoms with Gasteiger partial charge in [0.2, 0.25) is 0 Å². The molecule has 0 unspecified atom stereocenters. The molecule has 3 nitrogen and oxygen atoms in total. The topological polar surface area (TPSA) is 38.0 Å². The quantitative estimate of drug-likeness (QED) is 0.761. The molecule has 1 heterocycles. The average Bonchev–Trinajstić information content (AvgIpc) is 2.81. The van der Waals surface area contributed by atoms with E-state index >= 15 is 0 Å². The van der Waals surface area contributed by atoms with Crippen LogP contribution in [0.4, 0.5) is 8.78 Å². The van der Waals surface area contributed by atoms with E-state index in [4.69, 9.17) is 11.6 Å². The molecule has 1 aromatic heterocycles. The summed E-state index contributed by atoms with van der Waals surface area (Å²) in [6.07, 6.45) is -1.15. The summed E-state index contributed by atoms with van der Waals surface area (Å²) in [4.78, 5) is 0. The second-order valence-corrected chi connectivity index (χ2v) is 5.93. The van der Waals surface area contributed by atoms with Gasteiger partial charge in [0.25, 0.3) is 0 Å². The van der Waals surface area contributed by atoms with Crippen LogP contribution in [0, 0.1) is 18.6 Å². The molecule has 0 saturated carbocycles. The van der Waals surface area contributed by atoms with Crippen molar-refractivity contribution in [2.75, 3.05) is 0 Å². The molecule has 6 heteroatoms. The first kappa shape index (κ1) is 16.6. The van der Waals surface area contributed by atoms with Crippen molar-refractivity contribution >= 4 is 11.6 Å². The lowest BCUT2D eigenvalue weighted by molar-refractivity contribution is 0.220. The molecular formula is C18H15ClF2N2O. The van der Waals surface area contributed by atoms with Crippen LogP contribution in [-0.2, 0) is 7.05 Å². The first-order valence-electron chi connectivity index (χ1n) is 7.31. The second kappa shape index (κ2) is 6.34. The predicted molar refractivity (Wildman–Crippen MR) is 88.8 cm³/mol. The maximum absolute atomic E-state index is 14.2. The minimum Gasteiger partial charge on any atom is -0.383 e. The van der Waals surface area contributed by atoms with Crippen molar-refractivity contribution in [3.8, 4) is 11.3 Å². The molecule has 3 rings (SSSR count). The van der Waals surface area contributed by atoms with E-state index in [0.29, 0.717) is 28.1 Å². The Kier molecular flexibility index (Phi) is 4.39. The highest BCUT2D eigenvalue weighted by molar-refractivity contribution is 6.31. The number of benzene rings is 2. The normalized spacial score (nSPS) is 12.4. The van der Waals surface area contributed by atoms with Crippen LogP contribution in [0.15, 0.2) is 42.5 Å². The van der Waals surface area contributed by atoms with E-state index in [9.17, 15) is 13.9 Å². The lowest BCUT2D eigenvalue weighted by Gasteiger charge is -2.15. The minimum absolute atomic E-state index is 0.102. The van der Waals surface area contributed by atoms with Crippen LogP contribution in [0.25, 0.3) is 11.3 Å². The number of aliphatic hydroxyl groups excluding tert-OH is 1. The Morgan fingerprint density at radius 2 is 1.88 bits per heavy atom. The zero-order valence-electron chi connectivity index (χ0n) is 13.1. The van der Waals surface area contributed by atoms with Gasteiger partial charge in [-0.2, -0.15) is 5.10 Å². The number of rotatable bonds is 3. The Morgan fingerprint density at radius 3 is 2.54 bits per heavy atom. The molecule has 0 radical (unpaired) electrons. The van der Waals surface area contributed by atoms with E-state index in [1.54, 1.807) is 32.2 Å². The van der Waals surface area contributed by atoms with Crippen LogP contribution < -0.4 is 0 Å². The summed E-state index contributed by atoms with van der Waals surface area (Å²) in [7, 11) is 1.68. The Bertz CT molecular complexity index is 908. The van der Waals surface area contributed by atoms with E-state index in [1.807, 2.05) is 0 Å². The van der Waals surface area contributed by atoms with E-state index in [-0.39, 0.29) is 5.02 Å². The number of hydrogen-bond donors (Lipinski definition) is 1. The van der Waals surface area contributed by atoms with Crippen molar-refractivity contribution < 1.29 is 13.9 Å². The smallest absolute Gasteiger partial charge is 0.132 e. The average molecular weight is 349 g/mol. The summed E-state index contributed by atoms with van der Waals surface area (Å²) in [6.45, 7) is 1.72. The fourth-order valence-corrected chi connectivity index (χ4v) is 3.12. The highest BCUT2D eigenvalue weighted by Crippen LogP contribution is 2.37. The summed E-state index contributed by atoms with van der Waals surface area (Å²) in [5.74, 6) is -0.910. The minimum atomic E-state index is -1.15. The maximum Gasteiger partial charge on any atom is 0.132 e. The molecule has 0 aliphatic rings. The Hall–Kier alpha value is -2.24. The van der Waals surface area contributed by atoms with Gasteiger partial charge < -0.3 is 5.11 Å². The van der Waals surface area contributed by atoms with Gasteiger partial charge in [-0.1, -0.05) is 29.8 Å². The number of aromatic nitrogens is 2. The SMILES string of the molecule is Cc1nn(C)c(-c2ccccc2F)c1[C@@H](O)c1ccc(F)cc1Cl. The lowest BCUT2D eigenvalue weighted by Crippen LogP contribution is -2.05. The molecule has 1 N–H and O–H groups in total. The molecule has 2 aromatic carbocycles. The number of halogens is 3. The van der Waals surface area contributed by atoms with Crippen LogP contribution in [-0.4, -0.2) is 14.9 Å². The van der Waals surface area contributed by atoms with Gasteiger partial charge in [-0.15, -0.1) is 0 Å². The summed E-state index contributed by atoms with van der Waals surface area (Å²) >= 11 is 6.06. The van der Waals surface area contributed by atoms with Crippen LogP contribution in [0.3, 0.4) is 0 Å². The van der Waals surface area contributed by atoms with Gasteiger partial charge in [-0.3, -0.25) is 4.68 Å². The van der Waals surface area contributed by atoms with E-state index in [2.05, 4.69) is 5.10 Å². The van der Waals surface area contributed by atoms with Gasteiger partial charge in [0.05, 0.1) is 11.4 Å². The van der Waals surface area contributed by atoms with Crippen LogP contribution >= 0.6 is 11.6 Å². The van der Waals surface area contributed by atoms with Crippen LogP contribution in [0.2, 0.25) is 5.02 Å². The molecule has 1 atom stereocenters. The van der Waals surface area contributed by atoms with Gasteiger partial charge in [-0.05, 0) is 31.2 Å². The van der Waals surface area contributed by atoms with E-state index in [0.717, 1.165) is 6.07 Å². The Labute approximate surface area is 143 Å². The molecule has 24 heavy (non-hydrogen) atoms. The molecule has 0 spiro atoms. The van der Waals surface area contributed by atoms with Crippen LogP contribution in [0.1, 0.15) is 22.9 Å². The fraction of sp³-hybridized carbons (Fsp3) is 0.167. The highest BCUT2D eigenvalue weighted by Gasteiger charge is 2.26. The molecule has 124 valence electrons. The predicted octanol–water partition coefficient (Wildman–Crippen LogP) is 4.41. The van der Waals surface area contributed by atoms with Crippen molar-refractivity contribution in [3.63, 3.8) is 0 Å². The third-order valence-electron chi connectivity index (χ3n) is 3.93. The van der Waals surface area contributed by atoms with E-state index in [1.165, 1.54) is 22.9 Å². The first-order chi connectivity index (χ1) is 11.4. The Balaban J connectivity index is 2.20. The van der Waals surface area contributed by atoms with Gasteiger partial charge >= 0.3 is 0 Å². The molecule has 0 aliphatic heterocycles. The van der Waals surface area contributed by atoms with Crippen LogP contribution in [0.5, 0.6) is 0 Å². The number of aliphatic hydroxyl groups is 1. The van der Waals surface area contributed by atoms with Gasteiger partial charge in [0.15, 0.2) is 0 Å². The molecule has 0 aliphatic carbocycles. The molecule has 3 aromatic rings. The Morgan fingerprint density at radius 1 is 1.17 bits per heavy atom. The lowest BCUT2D eigenvalue weighted by atomic mass is 9.96. The first-order valence-corrected chi connectivity index (χ1v) is 7.69. The van der Waals surface area contributed by atoms with Gasteiger partial charge in [0.1, 0.15) is 17.7 Å². The zero-order valence-corrected chi connectivity index (χ0v) is 13.9. The van der Waals surface area contributed by atoms with Crippen molar-refractivity contribution in [2.24, 2.45) is 7.05 Å².